The monoisotopic (exact) mass is 408 g/mol. The predicted octanol–water partition coefficient (Wildman–Crippen LogP) is 3.90. The number of hydrogen-bond acceptors (Lipinski definition) is 4. The summed E-state index contributed by atoms with van der Waals surface area (Å²) in [7, 11) is 0. The molecule has 0 bridgehead atoms. The molecule has 0 unspecified atom stereocenters. The van der Waals surface area contributed by atoms with Gasteiger partial charge >= 0.3 is 0 Å². The van der Waals surface area contributed by atoms with Gasteiger partial charge < -0.3 is 5.32 Å². The van der Waals surface area contributed by atoms with Crippen LogP contribution in [0.1, 0.15) is 20.8 Å². The van der Waals surface area contributed by atoms with Gasteiger partial charge in [-0.2, -0.15) is 0 Å². The molecule has 2 rings (SSSR count). The summed E-state index contributed by atoms with van der Waals surface area (Å²) in [5.74, 6) is 1.02. The Hall–Kier alpha value is -1.60. The minimum absolute atomic E-state index is 0.0298. The van der Waals surface area contributed by atoms with Gasteiger partial charge in [0.2, 0.25) is 11.1 Å². The highest BCUT2D eigenvalue weighted by Crippen LogP contribution is 2.23. The van der Waals surface area contributed by atoms with E-state index in [1.165, 1.54) is 11.8 Å². The highest BCUT2D eigenvalue weighted by molar-refractivity contribution is 9.10. The van der Waals surface area contributed by atoms with E-state index < -0.39 is 0 Å². The number of carbonyl (C=O) groups is 1. The number of allylic oxidation sites excluding steroid dienone is 1. The van der Waals surface area contributed by atoms with Crippen molar-refractivity contribution in [3.05, 3.63) is 41.4 Å². The normalized spacial score (nSPS) is 11.3. The Kier molecular flexibility index (Phi) is 6.23. The molecule has 1 aromatic heterocycles. The van der Waals surface area contributed by atoms with Crippen LogP contribution in [-0.2, 0) is 11.3 Å². The van der Waals surface area contributed by atoms with Crippen LogP contribution in [0.25, 0.3) is 11.4 Å². The zero-order chi connectivity index (χ0) is 17.7. The molecule has 128 valence electrons. The van der Waals surface area contributed by atoms with Gasteiger partial charge in [0.05, 0.1) is 12.3 Å². The minimum Gasteiger partial charge on any atom is -0.351 e. The average Bonchev–Trinajstić information content (AvgIpc) is 2.88. The maximum absolute atomic E-state index is 11.9. The Balaban J connectivity index is 2.14. The molecule has 0 fully saturated rings. The Morgan fingerprint density at radius 3 is 2.62 bits per heavy atom. The molecule has 0 radical (unpaired) electrons. The summed E-state index contributed by atoms with van der Waals surface area (Å²) in [4.78, 5) is 16.5. The number of rotatable bonds is 6. The SMILES string of the molecule is C=CCn1nc(SCC(=O)NC(C)(C)C)nc1-c1ccc(Br)cc1. The molecule has 1 heterocycles. The molecule has 2 aromatic rings. The van der Waals surface area contributed by atoms with Crippen LogP contribution in [0.3, 0.4) is 0 Å². The predicted molar refractivity (Wildman–Crippen MR) is 102 cm³/mol. The summed E-state index contributed by atoms with van der Waals surface area (Å²) in [5, 5.41) is 7.99. The summed E-state index contributed by atoms with van der Waals surface area (Å²) in [6, 6.07) is 7.89. The Labute approximate surface area is 155 Å². The number of amides is 1. The molecular formula is C17H21BrN4OS. The fourth-order valence-corrected chi connectivity index (χ4v) is 2.93. The molecule has 0 saturated carbocycles. The largest absolute Gasteiger partial charge is 0.351 e. The second-order valence-electron chi connectivity index (χ2n) is 6.28. The lowest BCUT2D eigenvalue weighted by molar-refractivity contribution is -0.119. The van der Waals surface area contributed by atoms with E-state index in [0.29, 0.717) is 11.7 Å². The van der Waals surface area contributed by atoms with Crippen molar-refractivity contribution >= 4 is 33.6 Å². The minimum atomic E-state index is -0.240. The molecule has 7 heteroatoms. The quantitative estimate of drug-likeness (QED) is 0.581. The van der Waals surface area contributed by atoms with Gasteiger partial charge in [0.1, 0.15) is 0 Å². The molecule has 0 aliphatic heterocycles. The maximum atomic E-state index is 11.9. The molecule has 0 aliphatic rings. The van der Waals surface area contributed by atoms with E-state index >= 15 is 0 Å². The lowest BCUT2D eigenvalue weighted by Gasteiger charge is -2.19. The van der Waals surface area contributed by atoms with Gasteiger partial charge in [-0.3, -0.25) is 4.79 Å². The molecule has 1 amide bonds. The smallest absolute Gasteiger partial charge is 0.230 e. The highest BCUT2D eigenvalue weighted by Gasteiger charge is 2.16. The molecule has 0 spiro atoms. The lowest BCUT2D eigenvalue weighted by Crippen LogP contribution is -2.41. The van der Waals surface area contributed by atoms with Crippen LogP contribution in [0.4, 0.5) is 0 Å². The second kappa shape index (κ2) is 7.98. The summed E-state index contributed by atoms with van der Waals surface area (Å²) < 4.78 is 2.80. The van der Waals surface area contributed by atoms with E-state index in [1.807, 2.05) is 45.0 Å². The number of carbonyl (C=O) groups excluding carboxylic acids is 1. The summed E-state index contributed by atoms with van der Waals surface area (Å²) >= 11 is 4.76. The van der Waals surface area contributed by atoms with Crippen molar-refractivity contribution in [3.63, 3.8) is 0 Å². The van der Waals surface area contributed by atoms with Gasteiger partial charge in [-0.05, 0) is 32.9 Å². The van der Waals surface area contributed by atoms with Gasteiger partial charge in [-0.25, -0.2) is 9.67 Å². The third kappa shape index (κ3) is 5.49. The first-order valence-electron chi connectivity index (χ1n) is 7.54. The summed E-state index contributed by atoms with van der Waals surface area (Å²) in [6.07, 6.45) is 1.78. The molecule has 24 heavy (non-hydrogen) atoms. The first-order chi connectivity index (χ1) is 11.3. The van der Waals surface area contributed by atoms with E-state index in [-0.39, 0.29) is 17.2 Å². The van der Waals surface area contributed by atoms with Crippen molar-refractivity contribution in [3.8, 4) is 11.4 Å². The summed E-state index contributed by atoms with van der Waals surface area (Å²) in [5.41, 5.74) is 0.731. The number of hydrogen-bond donors (Lipinski definition) is 1. The van der Waals surface area contributed by atoms with Crippen LogP contribution in [0, 0.1) is 0 Å². The van der Waals surface area contributed by atoms with Gasteiger partial charge in [0.25, 0.3) is 0 Å². The van der Waals surface area contributed by atoms with Crippen molar-refractivity contribution in [2.24, 2.45) is 0 Å². The van der Waals surface area contributed by atoms with Gasteiger partial charge in [0.15, 0.2) is 5.82 Å². The number of benzene rings is 1. The number of nitrogens with one attached hydrogen (secondary N) is 1. The summed E-state index contributed by atoms with van der Waals surface area (Å²) in [6.45, 7) is 10.2. The van der Waals surface area contributed by atoms with Crippen LogP contribution in [-0.4, -0.2) is 32.0 Å². The number of halogens is 1. The number of aromatic nitrogens is 3. The van der Waals surface area contributed by atoms with Crippen molar-refractivity contribution in [1.29, 1.82) is 0 Å². The van der Waals surface area contributed by atoms with Crippen LogP contribution in [0.5, 0.6) is 0 Å². The second-order valence-corrected chi connectivity index (χ2v) is 8.14. The molecule has 0 aliphatic carbocycles. The number of nitrogens with zero attached hydrogens (tertiary/aromatic N) is 3. The van der Waals surface area contributed by atoms with E-state index in [0.717, 1.165) is 15.9 Å². The fourth-order valence-electron chi connectivity index (χ4n) is 2.03. The van der Waals surface area contributed by atoms with E-state index in [2.05, 4.69) is 37.9 Å². The Morgan fingerprint density at radius 1 is 1.38 bits per heavy atom. The van der Waals surface area contributed by atoms with Crippen LogP contribution < -0.4 is 5.32 Å². The van der Waals surface area contributed by atoms with Crippen LogP contribution in [0.2, 0.25) is 0 Å². The lowest BCUT2D eigenvalue weighted by atomic mass is 10.1. The Morgan fingerprint density at radius 2 is 2.04 bits per heavy atom. The molecule has 0 atom stereocenters. The zero-order valence-electron chi connectivity index (χ0n) is 14.0. The first kappa shape index (κ1) is 18.7. The van der Waals surface area contributed by atoms with Crippen LogP contribution >= 0.6 is 27.7 Å². The molecule has 5 nitrogen and oxygen atoms in total. The van der Waals surface area contributed by atoms with Gasteiger partial charge in [-0.15, -0.1) is 11.7 Å². The van der Waals surface area contributed by atoms with Crippen molar-refractivity contribution in [1.82, 2.24) is 20.1 Å². The van der Waals surface area contributed by atoms with Crippen LogP contribution in [0.15, 0.2) is 46.5 Å². The van der Waals surface area contributed by atoms with E-state index in [9.17, 15) is 4.79 Å². The molecular weight excluding hydrogens is 388 g/mol. The third-order valence-corrected chi connectivity index (χ3v) is 4.27. The standard InChI is InChI=1S/C17H21BrN4OS/c1-5-10-22-15(12-6-8-13(18)9-7-12)19-16(21-22)24-11-14(23)20-17(2,3)4/h5-9H,1,10-11H2,2-4H3,(H,20,23). The Bertz CT molecular complexity index is 719. The highest BCUT2D eigenvalue weighted by atomic mass is 79.9. The van der Waals surface area contributed by atoms with Crippen molar-refractivity contribution in [2.75, 3.05) is 5.75 Å². The zero-order valence-corrected chi connectivity index (χ0v) is 16.4. The maximum Gasteiger partial charge on any atom is 0.230 e. The third-order valence-electron chi connectivity index (χ3n) is 2.90. The molecule has 1 aromatic carbocycles. The molecule has 1 N–H and O–H groups in total. The van der Waals surface area contributed by atoms with E-state index in [1.54, 1.807) is 10.8 Å². The molecule has 0 saturated heterocycles. The van der Waals surface area contributed by atoms with Gasteiger partial charge in [-0.1, -0.05) is 45.9 Å². The first-order valence-corrected chi connectivity index (χ1v) is 9.32. The van der Waals surface area contributed by atoms with Gasteiger partial charge in [0, 0.05) is 15.6 Å². The van der Waals surface area contributed by atoms with Crippen molar-refractivity contribution < 1.29 is 4.79 Å². The fraction of sp³-hybridized carbons (Fsp3) is 0.353. The van der Waals surface area contributed by atoms with E-state index in [4.69, 9.17) is 0 Å². The van der Waals surface area contributed by atoms with Crippen molar-refractivity contribution in [2.45, 2.75) is 38.0 Å². The average molecular weight is 409 g/mol. The number of thioether (sulfide) groups is 1. The topological polar surface area (TPSA) is 59.8 Å².